The molecule has 1 amide bonds. The lowest BCUT2D eigenvalue weighted by atomic mass is 10.2. The predicted molar refractivity (Wildman–Crippen MR) is 114 cm³/mol. The van der Waals surface area contributed by atoms with Gasteiger partial charge in [0.1, 0.15) is 5.52 Å². The first-order valence-electron chi connectivity index (χ1n) is 8.74. The molecule has 3 rings (SSSR count). The second-order valence-corrected chi connectivity index (χ2v) is 9.59. The first-order valence-corrected chi connectivity index (χ1v) is 11.4. The Kier molecular flexibility index (Phi) is 6.34. The second-order valence-electron chi connectivity index (χ2n) is 6.28. The summed E-state index contributed by atoms with van der Waals surface area (Å²) in [4.78, 5) is 16.9. The summed E-state index contributed by atoms with van der Waals surface area (Å²) < 4.78 is 27.3. The maximum absolute atomic E-state index is 12.6. The number of unbranched alkanes of at least 4 members (excludes halogenated alkanes) is 1. The van der Waals surface area contributed by atoms with E-state index < -0.39 is 10.0 Å². The van der Waals surface area contributed by atoms with Crippen molar-refractivity contribution in [2.45, 2.75) is 24.7 Å². The third kappa shape index (κ3) is 4.20. The van der Waals surface area contributed by atoms with Gasteiger partial charge in [0.25, 0.3) is 5.91 Å². The monoisotopic (exact) mass is 437 g/mol. The van der Waals surface area contributed by atoms with E-state index in [1.54, 1.807) is 24.7 Å². The summed E-state index contributed by atoms with van der Waals surface area (Å²) in [5, 5.41) is 3.36. The fourth-order valence-corrected chi connectivity index (χ4v) is 4.93. The number of sulfonamides is 1. The Bertz CT molecular complexity index is 1100. The largest absolute Gasteiger partial charge is 0.321 e. The smallest absolute Gasteiger partial charge is 0.255 e. The Morgan fingerprint density at radius 2 is 1.93 bits per heavy atom. The number of benzene rings is 2. The molecule has 0 saturated carbocycles. The van der Waals surface area contributed by atoms with Crippen molar-refractivity contribution >= 4 is 54.8 Å². The minimum Gasteiger partial charge on any atom is -0.321 e. The van der Waals surface area contributed by atoms with Crippen LogP contribution in [0.15, 0.2) is 46.8 Å². The van der Waals surface area contributed by atoms with Gasteiger partial charge in [-0.1, -0.05) is 24.9 Å². The molecule has 0 fully saturated rings. The molecule has 3 aromatic rings. The van der Waals surface area contributed by atoms with E-state index in [0.29, 0.717) is 28.3 Å². The van der Waals surface area contributed by atoms with E-state index in [0.717, 1.165) is 17.5 Å². The van der Waals surface area contributed by atoms with E-state index in [9.17, 15) is 13.2 Å². The summed E-state index contributed by atoms with van der Waals surface area (Å²) in [7, 11) is -2.00. The molecule has 0 aliphatic rings. The molecule has 6 nitrogen and oxygen atoms in total. The van der Waals surface area contributed by atoms with Crippen LogP contribution >= 0.6 is 22.9 Å². The van der Waals surface area contributed by atoms with Crippen LogP contribution in [0.5, 0.6) is 0 Å². The number of carbonyl (C=O) groups excluding carboxylic acids is 1. The van der Waals surface area contributed by atoms with Crippen molar-refractivity contribution in [3.63, 3.8) is 0 Å². The van der Waals surface area contributed by atoms with Gasteiger partial charge in [0.2, 0.25) is 10.0 Å². The first-order chi connectivity index (χ1) is 13.3. The van der Waals surface area contributed by atoms with Gasteiger partial charge >= 0.3 is 0 Å². The molecule has 0 bridgehead atoms. The van der Waals surface area contributed by atoms with Crippen molar-refractivity contribution in [3.05, 3.63) is 52.5 Å². The second kappa shape index (κ2) is 8.57. The summed E-state index contributed by atoms with van der Waals surface area (Å²) in [6.45, 7) is 2.47. The molecular weight excluding hydrogens is 418 g/mol. The van der Waals surface area contributed by atoms with E-state index in [-0.39, 0.29) is 10.8 Å². The number of fused-ring (bicyclic) bond motifs is 1. The van der Waals surface area contributed by atoms with Gasteiger partial charge in [-0.15, -0.1) is 11.3 Å². The van der Waals surface area contributed by atoms with Gasteiger partial charge in [-0.25, -0.2) is 17.7 Å². The molecule has 0 radical (unpaired) electrons. The molecule has 0 spiro atoms. The number of anilines is 1. The molecule has 28 heavy (non-hydrogen) atoms. The Morgan fingerprint density at radius 3 is 2.61 bits per heavy atom. The topological polar surface area (TPSA) is 79.4 Å². The number of hydrogen-bond acceptors (Lipinski definition) is 5. The number of halogens is 1. The third-order valence-electron chi connectivity index (χ3n) is 4.33. The highest BCUT2D eigenvalue weighted by Crippen LogP contribution is 2.32. The molecule has 1 aromatic heterocycles. The normalized spacial score (nSPS) is 11.9. The van der Waals surface area contributed by atoms with Gasteiger partial charge in [0.05, 0.1) is 25.8 Å². The summed E-state index contributed by atoms with van der Waals surface area (Å²) in [5.41, 5.74) is 3.28. The van der Waals surface area contributed by atoms with Crippen LogP contribution in [0.25, 0.3) is 10.2 Å². The molecule has 0 atom stereocenters. The number of thiazole rings is 1. The summed E-state index contributed by atoms with van der Waals surface area (Å²) >= 11 is 7.50. The maximum Gasteiger partial charge on any atom is 0.255 e. The molecule has 1 heterocycles. The predicted octanol–water partition coefficient (Wildman–Crippen LogP) is 4.62. The molecular formula is C19H20ClN3O3S2. The lowest BCUT2D eigenvalue weighted by molar-refractivity contribution is 0.102. The van der Waals surface area contributed by atoms with E-state index in [1.165, 1.54) is 39.9 Å². The minimum atomic E-state index is -3.56. The van der Waals surface area contributed by atoms with E-state index in [1.807, 2.05) is 6.92 Å². The Labute approximate surface area is 173 Å². The average molecular weight is 438 g/mol. The molecule has 0 aliphatic heterocycles. The number of nitrogens with one attached hydrogen (secondary N) is 1. The molecule has 0 saturated heterocycles. The van der Waals surface area contributed by atoms with Crippen LogP contribution in [0.2, 0.25) is 5.02 Å². The van der Waals surface area contributed by atoms with Crippen LogP contribution in [0.3, 0.4) is 0 Å². The summed E-state index contributed by atoms with van der Waals surface area (Å²) in [6.07, 6.45) is 1.71. The van der Waals surface area contributed by atoms with E-state index in [2.05, 4.69) is 10.3 Å². The van der Waals surface area contributed by atoms with Gasteiger partial charge in [-0.2, -0.15) is 0 Å². The number of carbonyl (C=O) groups is 1. The van der Waals surface area contributed by atoms with Crippen LogP contribution in [0.1, 0.15) is 30.1 Å². The quantitative estimate of drug-likeness (QED) is 0.584. The highest BCUT2D eigenvalue weighted by Gasteiger charge is 2.20. The van der Waals surface area contributed by atoms with Crippen molar-refractivity contribution in [3.8, 4) is 0 Å². The molecule has 148 valence electrons. The minimum absolute atomic E-state index is 0.166. The highest BCUT2D eigenvalue weighted by atomic mass is 35.5. The fraction of sp³-hybridized carbons (Fsp3) is 0.263. The summed E-state index contributed by atoms with van der Waals surface area (Å²) in [5.74, 6) is -0.333. The highest BCUT2D eigenvalue weighted by molar-refractivity contribution is 7.89. The zero-order valence-electron chi connectivity index (χ0n) is 15.5. The average Bonchev–Trinajstić information content (AvgIpc) is 3.19. The first kappa shape index (κ1) is 20.7. The van der Waals surface area contributed by atoms with Crippen LogP contribution < -0.4 is 5.32 Å². The fourth-order valence-electron chi connectivity index (χ4n) is 2.67. The van der Waals surface area contributed by atoms with Gasteiger partial charge in [0, 0.05) is 19.2 Å². The van der Waals surface area contributed by atoms with E-state index >= 15 is 0 Å². The van der Waals surface area contributed by atoms with Gasteiger partial charge in [-0.05, 0) is 42.8 Å². The number of nitrogens with zero attached hydrogens (tertiary/aromatic N) is 2. The van der Waals surface area contributed by atoms with Crippen LogP contribution in [-0.4, -0.2) is 37.2 Å². The van der Waals surface area contributed by atoms with Crippen LogP contribution in [0, 0.1) is 0 Å². The zero-order chi connectivity index (χ0) is 20.3. The molecule has 0 unspecified atom stereocenters. The van der Waals surface area contributed by atoms with Crippen LogP contribution in [0.4, 0.5) is 5.69 Å². The Balaban J connectivity index is 1.78. The van der Waals surface area contributed by atoms with E-state index in [4.69, 9.17) is 11.6 Å². The van der Waals surface area contributed by atoms with Crippen LogP contribution in [-0.2, 0) is 10.0 Å². The lowest BCUT2D eigenvalue weighted by Crippen LogP contribution is -2.28. The van der Waals surface area contributed by atoms with Gasteiger partial charge < -0.3 is 5.32 Å². The van der Waals surface area contributed by atoms with Crippen molar-refractivity contribution in [1.29, 1.82) is 0 Å². The molecule has 2 aromatic carbocycles. The number of rotatable bonds is 7. The Hall–Kier alpha value is -2.00. The third-order valence-corrected chi connectivity index (χ3v) is 7.37. The standard InChI is InChI=1S/C19H20ClN3O3S2/c1-3-4-11-23(2)28(25,26)14-7-5-13(6-8-14)19(24)22-16-10-9-15(20)17-18(16)27-12-21-17/h5-10,12H,3-4,11H2,1-2H3,(H,22,24). The zero-order valence-corrected chi connectivity index (χ0v) is 17.9. The van der Waals surface area contributed by atoms with Gasteiger partial charge in [-0.3, -0.25) is 4.79 Å². The lowest BCUT2D eigenvalue weighted by Gasteiger charge is -2.17. The molecule has 9 heteroatoms. The number of hydrogen-bond donors (Lipinski definition) is 1. The van der Waals surface area contributed by atoms with Crippen molar-refractivity contribution in [2.24, 2.45) is 0 Å². The molecule has 0 aliphatic carbocycles. The molecule has 1 N–H and O–H groups in total. The van der Waals surface area contributed by atoms with Crippen molar-refractivity contribution in [1.82, 2.24) is 9.29 Å². The van der Waals surface area contributed by atoms with Crippen molar-refractivity contribution in [2.75, 3.05) is 18.9 Å². The Morgan fingerprint density at radius 1 is 1.21 bits per heavy atom. The van der Waals surface area contributed by atoms with Gasteiger partial charge in [0.15, 0.2) is 0 Å². The summed E-state index contributed by atoms with van der Waals surface area (Å²) in [6, 6.07) is 9.34. The number of amides is 1. The number of aromatic nitrogens is 1. The maximum atomic E-state index is 12.6. The van der Waals surface area contributed by atoms with Crippen molar-refractivity contribution < 1.29 is 13.2 Å². The SMILES string of the molecule is CCCCN(C)S(=O)(=O)c1ccc(C(=O)Nc2ccc(Cl)c3ncsc23)cc1.